The van der Waals surface area contributed by atoms with Gasteiger partial charge in [-0.15, -0.1) is 0 Å². The lowest BCUT2D eigenvalue weighted by Crippen LogP contribution is -2.44. The van der Waals surface area contributed by atoms with Gasteiger partial charge in [-0.2, -0.15) is 0 Å². The Bertz CT molecular complexity index is 948. The zero-order valence-corrected chi connectivity index (χ0v) is 17.4. The molecule has 7 heteroatoms. The Morgan fingerprint density at radius 1 is 1.11 bits per heavy atom. The molecule has 0 spiro atoms. The number of fused-ring (bicyclic) bond motifs is 1. The van der Waals surface area contributed by atoms with E-state index in [2.05, 4.69) is 64.8 Å². The van der Waals surface area contributed by atoms with Gasteiger partial charge in [0.05, 0.1) is 11.2 Å². The van der Waals surface area contributed by atoms with Crippen LogP contribution in [0.2, 0.25) is 0 Å². The molecule has 0 bridgehead atoms. The average molecular weight is 427 g/mol. The Kier molecular flexibility index (Phi) is 4.95. The van der Waals surface area contributed by atoms with Gasteiger partial charge in [0, 0.05) is 54.8 Å². The zero-order valence-electron chi connectivity index (χ0n) is 15.9. The van der Waals surface area contributed by atoms with Crippen LogP contribution < -0.4 is 9.80 Å². The number of nitrogens with zero attached hydrogens (tertiary/aromatic N) is 6. The third-order valence-corrected chi connectivity index (χ3v) is 5.63. The van der Waals surface area contributed by atoms with Crippen molar-refractivity contribution in [3.63, 3.8) is 0 Å². The van der Waals surface area contributed by atoms with Crippen molar-refractivity contribution in [3.05, 3.63) is 46.6 Å². The molecule has 1 aliphatic rings. The molecule has 0 aromatic carbocycles. The molecular weight excluding hydrogens is 404 g/mol. The maximum absolute atomic E-state index is 4.61. The van der Waals surface area contributed by atoms with Gasteiger partial charge in [-0.1, -0.05) is 0 Å². The van der Waals surface area contributed by atoms with Crippen molar-refractivity contribution in [2.45, 2.75) is 32.7 Å². The summed E-state index contributed by atoms with van der Waals surface area (Å²) in [7, 11) is 2.16. The van der Waals surface area contributed by atoms with Gasteiger partial charge in [0.2, 0.25) is 0 Å². The van der Waals surface area contributed by atoms with Crippen LogP contribution in [0.5, 0.6) is 0 Å². The van der Waals surface area contributed by atoms with E-state index in [1.807, 2.05) is 32.3 Å². The van der Waals surface area contributed by atoms with Crippen LogP contribution in [0.4, 0.5) is 11.5 Å². The summed E-state index contributed by atoms with van der Waals surface area (Å²) in [6.45, 7) is 5.97. The molecule has 4 heterocycles. The quantitative estimate of drug-likeness (QED) is 0.632. The number of hydrogen-bond donors (Lipinski definition) is 0. The summed E-state index contributed by atoms with van der Waals surface area (Å²) in [5.74, 6) is 1.88. The van der Waals surface area contributed by atoms with E-state index in [1.54, 1.807) is 0 Å². The van der Waals surface area contributed by atoms with Gasteiger partial charge >= 0.3 is 0 Å². The third-order valence-electron chi connectivity index (χ3n) is 5.19. The van der Waals surface area contributed by atoms with E-state index in [4.69, 9.17) is 0 Å². The van der Waals surface area contributed by atoms with Gasteiger partial charge in [-0.25, -0.2) is 9.97 Å². The Labute approximate surface area is 167 Å². The smallest absolute Gasteiger partial charge is 0.132 e. The van der Waals surface area contributed by atoms with Crippen LogP contribution in [0.15, 0.2) is 35.1 Å². The molecule has 0 radical (unpaired) electrons. The molecule has 3 aromatic rings. The average Bonchev–Trinajstić information content (AvgIpc) is 2.66. The van der Waals surface area contributed by atoms with Crippen molar-refractivity contribution in [1.82, 2.24) is 19.9 Å². The van der Waals surface area contributed by atoms with E-state index in [-0.39, 0.29) is 0 Å². The predicted molar refractivity (Wildman–Crippen MR) is 112 cm³/mol. The number of anilines is 2. The highest BCUT2D eigenvalue weighted by Crippen LogP contribution is 2.29. The largest absolute Gasteiger partial charge is 0.370 e. The van der Waals surface area contributed by atoms with E-state index in [0.29, 0.717) is 6.04 Å². The van der Waals surface area contributed by atoms with Gasteiger partial charge in [0.25, 0.3) is 0 Å². The molecule has 1 fully saturated rings. The maximum atomic E-state index is 4.61. The number of aryl methyl sites for hydroxylation is 2. The molecule has 6 nitrogen and oxygen atoms in total. The van der Waals surface area contributed by atoms with Crippen LogP contribution in [-0.2, 0) is 0 Å². The van der Waals surface area contributed by atoms with Crippen LogP contribution in [0.3, 0.4) is 0 Å². The fraction of sp³-hybridized carbons (Fsp3) is 0.400. The first-order valence-corrected chi connectivity index (χ1v) is 10.0. The summed E-state index contributed by atoms with van der Waals surface area (Å²) in [6, 6.07) is 6.63. The van der Waals surface area contributed by atoms with E-state index in [1.165, 1.54) is 0 Å². The molecule has 27 heavy (non-hydrogen) atoms. The van der Waals surface area contributed by atoms with Crippen molar-refractivity contribution in [2.75, 3.05) is 29.9 Å². The first kappa shape index (κ1) is 18.1. The number of halogens is 1. The molecular formula is C20H23BrN6. The molecule has 0 unspecified atom stereocenters. The lowest BCUT2D eigenvalue weighted by atomic mass is 10.0. The van der Waals surface area contributed by atoms with Crippen molar-refractivity contribution in [2.24, 2.45) is 0 Å². The maximum Gasteiger partial charge on any atom is 0.132 e. The minimum atomic E-state index is 0.473. The fourth-order valence-corrected chi connectivity index (χ4v) is 4.13. The lowest BCUT2D eigenvalue weighted by Gasteiger charge is -2.38. The highest BCUT2D eigenvalue weighted by atomic mass is 79.9. The number of aromatic nitrogens is 4. The van der Waals surface area contributed by atoms with Crippen LogP contribution >= 0.6 is 15.9 Å². The molecule has 1 aliphatic heterocycles. The summed E-state index contributed by atoms with van der Waals surface area (Å²) in [5, 5.41) is 0. The summed E-state index contributed by atoms with van der Waals surface area (Å²) in [5.41, 5.74) is 4.03. The standard InChI is InChI=1S/C20H23BrN6/c1-13-10-19(25-14(2)24-13)27-8-5-16(6-9-27)26(3)18-4-7-22-17-11-15(21)12-23-20(17)18/h4,7,10-12,16H,5-6,8-9H2,1-3H3. The van der Waals surface area contributed by atoms with Gasteiger partial charge in [-0.05, 0) is 54.8 Å². The van der Waals surface area contributed by atoms with Crippen molar-refractivity contribution < 1.29 is 0 Å². The Balaban J connectivity index is 1.51. The lowest BCUT2D eigenvalue weighted by molar-refractivity contribution is 0.480. The molecule has 3 aromatic heterocycles. The number of piperidine rings is 1. The van der Waals surface area contributed by atoms with E-state index in [0.717, 1.165) is 64.5 Å². The summed E-state index contributed by atoms with van der Waals surface area (Å²) >= 11 is 3.48. The monoisotopic (exact) mass is 426 g/mol. The van der Waals surface area contributed by atoms with Crippen molar-refractivity contribution in [1.29, 1.82) is 0 Å². The molecule has 0 atom stereocenters. The molecule has 0 amide bonds. The van der Waals surface area contributed by atoms with Gasteiger partial charge < -0.3 is 9.80 Å². The van der Waals surface area contributed by atoms with Gasteiger partial charge in [-0.3, -0.25) is 9.97 Å². The first-order chi connectivity index (χ1) is 13.0. The van der Waals surface area contributed by atoms with Crippen LogP contribution in [0.25, 0.3) is 11.0 Å². The first-order valence-electron chi connectivity index (χ1n) is 9.21. The second-order valence-corrected chi connectivity index (χ2v) is 8.01. The molecule has 0 saturated carbocycles. The highest BCUT2D eigenvalue weighted by Gasteiger charge is 2.25. The van der Waals surface area contributed by atoms with Gasteiger partial charge in [0.15, 0.2) is 0 Å². The normalized spacial score (nSPS) is 15.3. The zero-order chi connectivity index (χ0) is 19.0. The number of pyridine rings is 2. The summed E-state index contributed by atoms with van der Waals surface area (Å²) in [6.07, 6.45) is 5.87. The van der Waals surface area contributed by atoms with Crippen LogP contribution in [0.1, 0.15) is 24.4 Å². The minimum Gasteiger partial charge on any atom is -0.370 e. The Hall–Kier alpha value is -2.28. The van der Waals surface area contributed by atoms with E-state index in [9.17, 15) is 0 Å². The SMILES string of the molecule is Cc1cc(N2CCC(N(C)c3ccnc4cc(Br)cnc34)CC2)nc(C)n1. The topological polar surface area (TPSA) is 58.0 Å². The highest BCUT2D eigenvalue weighted by molar-refractivity contribution is 9.10. The third kappa shape index (κ3) is 3.74. The predicted octanol–water partition coefficient (Wildman–Crippen LogP) is 3.90. The molecule has 4 rings (SSSR count). The second-order valence-electron chi connectivity index (χ2n) is 7.10. The number of hydrogen-bond acceptors (Lipinski definition) is 6. The molecule has 140 valence electrons. The fourth-order valence-electron chi connectivity index (χ4n) is 3.81. The summed E-state index contributed by atoms with van der Waals surface area (Å²) < 4.78 is 0.950. The Morgan fingerprint density at radius 2 is 1.89 bits per heavy atom. The van der Waals surface area contributed by atoms with E-state index < -0.39 is 0 Å². The van der Waals surface area contributed by atoms with Gasteiger partial charge in [0.1, 0.15) is 17.2 Å². The van der Waals surface area contributed by atoms with Crippen molar-refractivity contribution in [3.8, 4) is 0 Å². The van der Waals surface area contributed by atoms with Crippen LogP contribution in [-0.4, -0.2) is 46.1 Å². The van der Waals surface area contributed by atoms with E-state index >= 15 is 0 Å². The summed E-state index contributed by atoms with van der Waals surface area (Å²) in [4.78, 5) is 22.8. The second kappa shape index (κ2) is 7.38. The van der Waals surface area contributed by atoms with Crippen LogP contribution in [0, 0.1) is 13.8 Å². The Morgan fingerprint density at radius 3 is 2.63 bits per heavy atom. The number of rotatable bonds is 3. The molecule has 0 N–H and O–H groups in total. The molecule has 1 saturated heterocycles. The molecule has 0 aliphatic carbocycles. The van der Waals surface area contributed by atoms with Crippen molar-refractivity contribution >= 4 is 38.5 Å². The minimum absolute atomic E-state index is 0.473.